The van der Waals surface area contributed by atoms with Gasteiger partial charge in [-0.05, 0) is 23.7 Å². The molecular weight excluding hydrogens is 342 g/mol. The maximum atomic E-state index is 12.4. The number of para-hydroxylation sites is 1. The van der Waals surface area contributed by atoms with Crippen LogP contribution in [0.5, 0.6) is 5.88 Å². The van der Waals surface area contributed by atoms with Crippen molar-refractivity contribution in [3.05, 3.63) is 47.9 Å². The van der Waals surface area contributed by atoms with Crippen molar-refractivity contribution in [3.63, 3.8) is 0 Å². The fourth-order valence-corrected chi connectivity index (χ4v) is 2.29. The molecule has 0 aliphatic carbocycles. The van der Waals surface area contributed by atoms with Gasteiger partial charge >= 0.3 is 5.91 Å². The Kier molecular flexibility index (Phi) is 5.18. The zero-order chi connectivity index (χ0) is 18.5. The third kappa shape index (κ3) is 3.83. The number of amides is 2. The van der Waals surface area contributed by atoms with Crippen molar-refractivity contribution in [1.29, 1.82) is 0 Å². The van der Waals surface area contributed by atoms with E-state index in [0.717, 1.165) is 5.39 Å². The zero-order valence-electron chi connectivity index (χ0n) is 13.9. The van der Waals surface area contributed by atoms with Gasteiger partial charge in [-0.2, -0.15) is 0 Å². The molecule has 0 radical (unpaired) electrons. The fraction of sp³-hybridized carbons (Fsp3) is 0.235. The number of aromatic nitrogens is 1. The van der Waals surface area contributed by atoms with Crippen LogP contribution in [0.3, 0.4) is 0 Å². The van der Waals surface area contributed by atoms with E-state index >= 15 is 0 Å². The van der Waals surface area contributed by atoms with Crippen LogP contribution in [0.25, 0.3) is 11.0 Å². The Morgan fingerprint density at radius 2 is 2.04 bits per heavy atom. The molecule has 26 heavy (non-hydrogen) atoms. The molecule has 136 valence electrons. The number of hydrogen-bond acceptors (Lipinski definition) is 7. The lowest BCUT2D eigenvalue weighted by Crippen LogP contribution is -2.38. The minimum atomic E-state index is -0.836. The Morgan fingerprint density at radius 1 is 1.23 bits per heavy atom. The number of nitrogens with one attached hydrogen (secondary N) is 2. The van der Waals surface area contributed by atoms with Crippen LogP contribution < -0.4 is 15.5 Å². The van der Waals surface area contributed by atoms with Crippen LogP contribution >= 0.6 is 0 Å². The standard InChI is InChI=1S/C17H17N3O6/c1-2-11(9-24-15-8-14(26-20-15)17(22)19-23)18-16(21)13-7-10-5-3-4-6-12(10)25-13/h3-8,11,23H,2,9H2,1H3,(H,18,21)(H,19,22)/t11-/m0/s1. The van der Waals surface area contributed by atoms with Gasteiger partial charge in [0.2, 0.25) is 5.76 Å². The Hall–Kier alpha value is -3.33. The minimum Gasteiger partial charge on any atom is -0.473 e. The Balaban J connectivity index is 1.59. The van der Waals surface area contributed by atoms with E-state index in [-0.39, 0.29) is 36.0 Å². The molecule has 3 aromatic rings. The molecule has 0 unspecified atom stereocenters. The molecule has 3 rings (SSSR count). The highest BCUT2D eigenvalue weighted by Gasteiger charge is 2.18. The molecule has 0 bridgehead atoms. The van der Waals surface area contributed by atoms with Crippen molar-refractivity contribution in [1.82, 2.24) is 16.0 Å². The first-order valence-electron chi connectivity index (χ1n) is 7.94. The molecule has 0 saturated heterocycles. The number of carbonyl (C=O) groups excluding carboxylic acids is 2. The second-order valence-electron chi connectivity index (χ2n) is 5.51. The minimum absolute atomic E-state index is 0.0695. The van der Waals surface area contributed by atoms with Crippen molar-refractivity contribution in [2.45, 2.75) is 19.4 Å². The maximum absolute atomic E-state index is 12.4. The smallest absolute Gasteiger partial charge is 0.313 e. The number of furan rings is 1. The Labute approximate surface area is 147 Å². The summed E-state index contributed by atoms with van der Waals surface area (Å²) in [7, 11) is 0. The molecule has 1 aromatic carbocycles. The highest BCUT2D eigenvalue weighted by molar-refractivity contribution is 5.96. The molecule has 9 nitrogen and oxygen atoms in total. The van der Waals surface area contributed by atoms with Crippen molar-refractivity contribution in [2.24, 2.45) is 0 Å². The lowest BCUT2D eigenvalue weighted by Gasteiger charge is -2.15. The fourth-order valence-electron chi connectivity index (χ4n) is 2.29. The molecule has 0 aliphatic rings. The molecule has 0 saturated carbocycles. The number of hydroxylamine groups is 1. The number of ether oxygens (including phenoxy) is 1. The lowest BCUT2D eigenvalue weighted by atomic mass is 10.2. The van der Waals surface area contributed by atoms with Crippen LogP contribution in [0.1, 0.15) is 34.5 Å². The normalized spacial score (nSPS) is 11.9. The van der Waals surface area contributed by atoms with Gasteiger partial charge in [-0.1, -0.05) is 25.1 Å². The van der Waals surface area contributed by atoms with E-state index in [2.05, 4.69) is 10.5 Å². The highest BCUT2D eigenvalue weighted by atomic mass is 16.5. The van der Waals surface area contributed by atoms with E-state index < -0.39 is 5.91 Å². The quantitative estimate of drug-likeness (QED) is 0.435. The molecule has 0 aliphatic heterocycles. The Bertz CT molecular complexity index is 883. The lowest BCUT2D eigenvalue weighted by molar-refractivity contribution is 0.0666. The second kappa shape index (κ2) is 7.70. The topological polar surface area (TPSA) is 127 Å². The van der Waals surface area contributed by atoms with Crippen LogP contribution in [0, 0.1) is 0 Å². The van der Waals surface area contributed by atoms with Gasteiger partial charge in [0, 0.05) is 5.39 Å². The summed E-state index contributed by atoms with van der Waals surface area (Å²) in [5, 5.41) is 15.8. The number of benzene rings is 1. The van der Waals surface area contributed by atoms with Gasteiger partial charge in [0.25, 0.3) is 11.8 Å². The van der Waals surface area contributed by atoms with Crippen molar-refractivity contribution >= 4 is 22.8 Å². The van der Waals surface area contributed by atoms with Gasteiger partial charge in [-0.25, -0.2) is 5.48 Å². The van der Waals surface area contributed by atoms with E-state index in [0.29, 0.717) is 12.0 Å². The first-order valence-corrected chi connectivity index (χ1v) is 7.94. The average molecular weight is 359 g/mol. The van der Waals surface area contributed by atoms with Gasteiger partial charge in [0.15, 0.2) is 5.76 Å². The second-order valence-corrected chi connectivity index (χ2v) is 5.51. The van der Waals surface area contributed by atoms with E-state index in [9.17, 15) is 9.59 Å². The summed E-state index contributed by atoms with van der Waals surface area (Å²) in [5.74, 6) is -1.09. The summed E-state index contributed by atoms with van der Waals surface area (Å²) in [6.45, 7) is 2.01. The summed E-state index contributed by atoms with van der Waals surface area (Å²) >= 11 is 0. The SMILES string of the molecule is CC[C@@H](COc1cc(C(=O)NO)on1)NC(=O)c1cc2ccccc2o1. The predicted molar refractivity (Wildman–Crippen MR) is 89.0 cm³/mol. The molecule has 2 amide bonds. The summed E-state index contributed by atoms with van der Waals surface area (Å²) in [6.07, 6.45) is 0.605. The summed E-state index contributed by atoms with van der Waals surface area (Å²) in [5.41, 5.74) is 2.07. The van der Waals surface area contributed by atoms with Gasteiger partial charge in [-0.15, -0.1) is 0 Å². The molecule has 0 fully saturated rings. The van der Waals surface area contributed by atoms with Crippen molar-refractivity contribution in [3.8, 4) is 5.88 Å². The van der Waals surface area contributed by atoms with Crippen LogP contribution in [0.15, 0.2) is 45.3 Å². The van der Waals surface area contributed by atoms with Crippen LogP contribution in [0.4, 0.5) is 0 Å². The Morgan fingerprint density at radius 3 is 2.77 bits per heavy atom. The van der Waals surface area contributed by atoms with Gasteiger partial charge in [0.1, 0.15) is 12.2 Å². The highest BCUT2D eigenvalue weighted by Crippen LogP contribution is 2.19. The average Bonchev–Trinajstić information content (AvgIpc) is 3.31. The van der Waals surface area contributed by atoms with E-state index in [1.807, 2.05) is 25.1 Å². The number of fused-ring (bicyclic) bond motifs is 1. The number of rotatable bonds is 7. The molecule has 1 atom stereocenters. The predicted octanol–water partition coefficient (Wildman–Crippen LogP) is 2.13. The maximum Gasteiger partial charge on any atom is 0.313 e. The van der Waals surface area contributed by atoms with Gasteiger partial charge in [-0.3, -0.25) is 14.8 Å². The summed E-state index contributed by atoms with van der Waals surface area (Å²) < 4.78 is 15.7. The van der Waals surface area contributed by atoms with E-state index in [1.165, 1.54) is 11.5 Å². The van der Waals surface area contributed by atoms with Crippen LogP contribution in [0.2, 0.25) is 0 Å². The van der Waals surface area contributed by atoms with Crippen LogP contribution in [-0.4, -0.2) is 34.8 Å². The third-order valence-electron chi connectivity index (χ3n) is 3.72. The molecule has 0 spiro atoms. The molecular formula is C17H17N3O6. The molecule has 2 aromatic heterocycles. The number of hydrogen-bond donors (Lipinski definition) is 3. The molecule has 3 N–H and O–H groups in total. The number of carbonyl (C=O) groups is 2. The first kappa shape index (κ1) is 17.5. The van der Waals surface area contributed by atoms with Crippen LogP contribution in [-0.2, 0) is 0 Å². The van der Waals surface area contributed by atoms with E-state index in [4.69, 9.17) is 18.9 Å². The summed E-state index contributed by atoms with van der Waals surface area (Å²) in [4.78, 5) is 23.5. The van der Waals surface area contributed by atoms with E-state index in [1.54, 1.807) is 12.1 Å². The molecule has 9 heteroatoms. The monoisotopic (exact) mass is 359 g/mol. The number of nitrogens with zero attached hydrogens (tertiary/aromatic N) is 1. The zero-order valence-corrected chi connectivity index (χ0v) is 13.9. The molecule has 2 heterocycles. The van der Waals surface area contributed by atoms with Crippen molar-refractivity contribution in [2.75, 3.05) is 6.61 Å². The summed E-state index contributed by atoms with van der Waals surface area (Å²) in [6, 6.07) is 9.96. The largest absolute Gasteiger partial charge is 0.473 e. The van der Waals surface area contributed by atoms with Gasteiger partial charge in [0.05, 0.1) is 12.1 Å². The van der Waals surface area contributed by atoms with Crippen molar-refractivity contribution < 1.29 is 28.5 Å². The third-order valence-corrected chi connectivity index (χ3v) is 3.72. The van der Waals surface area contributed by atoms with Gasteiger partial charge < -0.3 is 19.0 Å². The first-order chi connectivity index (χ1) is 12.6.